The van der Waals surface area contributed by atoms with Crippen molar-refractivity contribution in [2.24, 2.45) is 0 Å². The lowest BCUT2D eigenvalue weighted by atomic mass is 10.1. The van der Waals surface area contributed by atoms with Crippen LogP contribution < -0.4 is 5.32 Å². The Labute approximate surface area is 143 Å². The molecule has 1 saturated heterocycles. The molecule has 1 aromatic heterocycles. The molecule has 0 spiro atoms. The smallest absolute Gasteiger partial charge is 0.263 e. The van der Waals surface area contributed by atoms with Crippen LogP contribution in [0.5, 0.6) is 0 Å². The van der Waals surface area contributed by atoms with Gasteiger partial charge in [-0.1, -0.05) is 6.42 Å². The molecule has 0 radical (unpaired) electrons. The summed E-state index contributed by atoms with van der Waals surface area (Å²) in [4.78, 5) is 17.2. The van der Waals surface area contributed by atoms with E-state index in [4.69, 9.17) is 0 Å². The van der Waals surface area contributed by atoms with E-state index in [0.29, 0.717) is 6.04 Å². The van der Waals surface area contributed by atoms with Gasteiger partial charge in [0.25, 0.3) is 5.91 Å². The maximum absolute atomic E-state index is 12.8. The van der Waals surface area contributed by atoms with E-state index in [1.54, 1.807) is 11.3 Å². The van der Waals surface area contributed by atoms with E-state index in [-0.39, 0.29) is 18.3 Å². The highest BCUT2D eigenvalue weighted by atomic mass is 35.5. The second kappa shape index (κ2) is 8.32. The maximum atomic E-state index is 12.8. The van der Waals surface area contributed by atoms with Crippen LogP contribution in [0, 0.1) is 0 Å². The molecule has 124 valence electrons. The fraction of sp³-hybridized carbons (Fsp3) is 0.706. The summed E-state index contributed by atoms with van der Waals surface area (Å²) in [6.07, 6.45) is 9.60. The molecule has 1 aliphatic carbocycles. The average Bonchev–Trinajstić information content (AvgIpc) is 2.71. The van der Waals surface area contributed by atoms with Gasteiger partial charge in [0.15, 0.2) is 0 Å². The number of aryl methyl sites for hydroxylation is 2. The lowest BCUT2D eigenvalue weighted by Crippen LogP contribution is -2.37. The third-order valence-corrected chi connectivity index (χ3v) is 6.10. The minimum atomic E-state index is 0. The van der Waals surface area contributed by atoms with Gasteiger partial charge in [-0.2, -0.15) is 0 Å². The number of nitrogens with one attached hydrogen (secondary N) is 1. The Morgan fingerprint density at radius 3 is 2.86 bits per heavy atom. The quantitative estimate of drug-likeness (QED) is 0.832. The highest BCUT2D eigenvalue weighted by molar-refractivity contribution is 7.14. The summed E-state index contributed by atoms with van der Waals surface area (Å²) in [6.45, 7) is 2.12. The molecular weight excluding hydrogens is 316 g/mol. The molecule has 1 N–H and O–H groups in total. The number of hydrogen-bond donors (Lipinski definition) is 1. The summed E-state index contributed by atoms with van der Waals surface area (Å²) < 4.78 is 0. The first-order valence-electron chi connectivity index (χ1n) is 8.35. The fourth-order valence-corrected chi connectivity index (χ4v) is 4.74. The van der Waals surface area contributed by atoms with Crippen molar-refractivity contribution < 1.29 is 4.79 Å². The summed E-state index contributed by atoms with van der Waals surface area (Å²) in [5, 5.41) is 3.42. The summed E-state index contributed by atoms with van der Waals surface area (Å²) in [6, 6.07) is 2.58. The number of fused-ring (bicyclic) bond motifs is 1. The molecule has 0 bridgehead atoms. The predicted molar refractivity (Wildman–Crippen MR) is 95.4 cm³/mol. The van der Waals surface area contributed by atoms with Crippen molar-refractivity contribution in [1.29, 1.82) is 0 Å². The normalized spacial score (nSPS) is 22.0. The number of hydrogen-bond acceptors (Lipinski definition) is 3. The largest absolute Gasteiger partial charge is 0.338 e. The highest BCUT2D eigenvalue weighted by Gasteiger charge is 2.24. The molecule has 1 aliphatic heterocycles. The second-order valence-corrected chi connectivity index (χ2v) is 7.51. The number of rotatable bonds is 2. The summed E-state index contributed by atoms with van der Waals surface area (Å²) in [5.74, 6) is 0.236. The van der Waals surface area contributed by atoms with Gasteiger partial charge in [-0.3, -0.25) is 4.79 Å². The van der Waals surface area contributed by atoms with Crippen LogP contribution in [0.2, 0.25) is 0 Å². The van der Waals surface area contributed by atoms with E-state index in [1.807, 2.05) is 11.9 Å². The Morgan fingerprint density at radius 1 is 1.18 bits per heavy atom. The molecule has 1 fully saturated rings. The summed E-state index contributed by atoms with van der Waals surface area (Å²) in [7, 11) is 1.99. The number of carbonyl (C=O) groups excluding carboxylic acids is 1. The van der Waals surface area contributed by atoms with E-state index in [1.165, 1.54) is 42.5 Å². The van der Waals surface area contributed by atoms with Gasteiger partial charge in [-0.25, -0.2) is 0 Å². The average molecular weight is 343 g/mol. The minimum Gasteiger partial charge on any atom is -0.338 e. The first-order valence-corrected chi connectivity index (χ1v) is 9.17. The van der Waals surface area contributed by atoms with Crippen molar-refractivity contribution in [2.45, 2.75) is 57.4 Å². The lowest BCUT2D eigenvalue weighted by Gasteiger charge is -2.26. The number of nitrogens with zero attached hydrogens (tertiary/aromatic N) is 1. The molecule has 0 aromatic carbocycles. The minimum absolute atomic E-state index is 0. The molecule has 3 nitrogen and oxygen atoms in total. The van der Waals surface area contributed by atoms with Crippen LogP contribution in [0.3, 0.4) is 0 Å². The molecule has 5 heteroatoms. The molecule has 1 unspecified atom stereocenters. The van der Waals surface area contributed by atoms with Crippen LogP contribution in [-0.4, -0.2) is 37.0 Å². The predicted octanol–water partition coefficient (Wildman–Crippen LogP) is 3.65. The highest BCUT2D eigenvalue weighted by Crippen LogP contribution is 2.30. The van der Waals surface area contributed by atoms with E-state index in [0.717, 1.165) is 37.2 Å². The Morgan fingerprint density at radius 2 is 2.00 bits per heavy atom. The molecule has 2 aliphatic rings. The molecule has 22 heavy (non-hydrogen) atoms. The fourth-order valence-electron chi connectivity index (χ4n) is 3.50. The zero-order chi connectivity index (χ0) is 14.7. The van der Waals surface area contributed by atoms with Crippen molar-refractivity contribution >= 4 is 29.7 Å². The van der Waals surface area contributed by atoms with Crippen molar-refractivity contribution in [3.8, 4) is 0 Å². The van der Waals surface area contributed by atoms with Gasteiger partial charge in [-0.15, -0.1) is 23.7 Å². The number of carbonyl (C=O) groups is 1. The molecule has 1 amide bonds. The molecule has 0 saturated carbocycles. The third kappa shape index (κ3) is 4.03. The van der Waals surface area contributed by atoms with Crippen LogP contribution in [0.4, 0.5) is 0 Å². The second-order valence-electron chi connectivity index (χ2n) is 6.37. The third-order valence-electron chi connectivity index (χ3n) is 4.87. The topological polar surface area (TPSA) is 32.3 Å². The first-order chi connectivity index (χ1) is 10.3. The number of amides is 1. The summed E-state index contributed by atoms with van der Waals surface area (Å²) >= 11 is 1.75. The zero-order valence-electron chi connectivity index (χ0n) is 13.4. The van der Waals surface area contributed by atoms with Crippen molar-refractivity contribution in [2.75, 3.05) is 20.1 Å². The van der Waals surface area contributed by atoms with E-state index in [9.17, 15) is 4.79 Å². The summed E-state index contributed by atoms with van der Waals surface area (Å²) in [5.41, 5.74) is 1.44. The van der Waals surface area contributed by atoms with Gasteiger partial charge in [0.2, 0.25) is 0 Å². The van der Waals surface area contributed by atoms with Gasteiger partial charge in [0, 0.05) is 18.0 Å². The number of thiophene rings is 1. The molecule has 2 heterocycles. The number of halogens is 1. The van der Waals surface area contributed by atoms with Crippen molar-refractivity contribution in [1.82, 2.24) is 10.2 Å². The van der Waals surface area contributed by atoms with Crippen LogP contribution in [0.1, 0.15) is 58.6 Å². The van der Waals surface area contributed by atoms with Crippen LogP contribution in [-0.2, 0) is 12.8 Å². The zero-order valence-corrected chi connectivity index (χ0v) is 15.0. The Kier molecular flexibility index (Phi) is 6.72. The van der Waals surface area contributed by atoms with Gasteiger partial charge in [0.1, 0.15) is 0 Å². The SMILES string of the molecule is CN(C(=O)c1cc2c(s1)CCCCC2)C1CCCNCC1.Cl. The van der Waals surface area contributed by atoms with Crippen LogP contribution in [0.25, 0.3) is 0 Å². The maximum Gasteiger partial charge on any atom is 0.263 e. The van der Waals surface area contributed by atoms with Gasteiger partial charge in [0.05, 0.1) is 4.88 Å². The van der Waals surface area contributed by atoms with Crippen LogP contribution >= 0.6 is 23.7 Å². The van der Waals surface area contributed by atoms with Gasteiger partial charge < -0.3 is 10.2 Å². The Bertz CT molecular complexity index is 471. The van der Waals surface area contributed by atoms with Crippen molar-refractivity contribution in [3.05, 3.63) is 21.4 Å². The Hall–Kier alpha value is -0.580. The van der Waals surface area contributed by atoms with Gasteiger partial charge >= 0.3 is 0 Å². The molecular formula is C17H27ClN2OS. The molecule has 3 rings (SSSR count). The van der Waals surface area contributed by atoms with Crippen molar-refractivity contribution in [3.63, 3.8) is 0 Å². The molecule has 1 atom stereocenters. The lowest BCUT2D eigenvalue weighted by molar-refractivity contribution is 0.0725. The molecule has 1 aromatic rings. The van der Waals surface area contributed by atoms with E-state index >= 15 is 0 Å². The van der Waals surface area contributed by atoms with Crippen LogP contribution in [0.15, 0.2) is 6.07 Å². The standard InChI is InChI=1S/C17H26N2OS.ClH/c1-19(14-7-5-10-18-11-9-14)17(20)16-12-13-6-3-2-4-8-15(13)21-16;/h12,14,18H,2-11H2,1H3;1H. The first kappa shape index (κ1) is 17.8. The monoisotopic (exact) mass is 342 g/mol. The van der Waals surface area contributed by atoms with E-state index in [2.05, 4.69) is 11.4 Å². The Balaban J connectivity index is 0.00000176. The van der Waals surface area contributed by atoms with E-state index < -0.39 is 0 Å². The van der Waals surface area contributed by atoms with Gasteiger partial charge in [-0.05, 0) is 69.7 Å².